The number of rotatable bonds is 2. The number of nitrogens with zero attached hydrogens (tertiary/aromatic N) is 2. The SMILES string of the molecule is Cc1cc2nc(-c3cccc(N)c3)n(C3CCNCC3)c2cc1C. The lowest BCUT2D eigenvalue weighted by Crippen LogP contribution is -2.29. The van der Waals surface area contributed by atoms with Gasteiger partial charge in [0.25, 0.3) is 0 Å². The van der Waals surface area contributed by atoms with Crippen molar-refractivity contribution in [1.82, 2.24) is 14.9 Å². The van der Waals surface area contributed by atoms with Crippen LogP contribution in [0.3, 0.4) is 0 Å². The molecule has 3 aromatic rings. The van der Waals surface area contributed by atoms with Gasteiger partial charge in [-0.3, -0.25) is 0 Å². The molecular weight excluding hydrogens is 296 g/mol. The Morgan fingerprint density at radius 1 is 1.08 bits per heavy atom. The molecule has 0 spiro atoms. The standard InChI is InChI=1S/C20H24N4/c1-13-10-18-19(11-14(13)2)24(17-6-8-22-9-7-17)20(23-18)15-4-3-5-16(21)12-15/h3-5,10-12,17,22H,6-9,21H2,1-2H3. The van der Waals surface area contributed by atoms with Crippen LogP contribution in [0.5, 0.6) is 0 Å². The van der Waals surface area contributed by atoms with Gasteiger partial charge in [-0.05, 0) is 75.2 Å². The molecule has 24 heavy (non-hydrogen) atoms. The van der Waals surface area contributed by atoms with Gasteiger partial charge in [0.05, 0.1) is 11.0 Å². The van der Waals surface area contributed by atoms with Crippen LogP contribution in [0.4, 0.5) is 5.69 Å². The fraction of sp³-hybridized carbons (Fsp3) is 0.350. The van der Waals surface area contributed by atoms with Gasteiger partial charge in [-0.2, -0.15) is 0 Å². The minimum Gasteiger partial charge on any atom is -0.399 e. The zero-order chi connectivity index (χ0) is 16.7. The number of nitrogens with two attached hydrogens (primary N) is 1. The largest absolute Gasteiger partial charge is 0.399 e. The number of benzene rings is 2. The van der Waals surface area contributed by atoms with Gasteiger partial charge < -0.3 is 15.6 Å². The average Bonchev–Trinajstić information content (AvgIpc) is 2.94. The van der Waals surface area contributed by atoms with Gasteiger partial charge >= 0.3 is 0 Å². The molecule has 0 amide bonds. The Morgan fingerprint density at radius 2 is 1.83 bits per heavy atom. The van der Waals surface area contributed by atoms with Crippen molar-refractivity contribution in [2.75, 3.05) is 18.8 Å². The van der Waals surface area contributed by atoms with E-state index in [9.17, 15) is 0 Å². The normalized spacial score (nSPS) is 15.9. The van der Waals surface area contributed by atoms with Crippen molar-refractivity contribution in [3.63, 3.8) is 0 Å². The molecule has 4 heteroatoms. The van der Waals surface area contributed by atoms with Crippen LogP contribution in [0.25, 0.3) is 22.4 Å². The molecule has 1 aromatic heterocycles. The number of piperidine rings is 1. The first kappa shape index (κ1) is 15.2. The Balaban J connectivity index is 1.97. The third-order valence-electron chi connectivity index (χ3n) is 5.12. The summed E-state index contributed by atoms with van der Waals surface area (Å²) < 4.78 is 2.44. The van der Waals surface area contributed by atoms with Crippen molar-refractivity contribution >= 4 is 16.7 Å². The predicted octanol–water partition coefficient (Wildman–Crippen LogP) is 3.83. The minimum absolute atomic E-state index is 0.481. The van der Waals surface area contributed by atoms with Crippen molar-refractivity contribution in [1.29, 1.82) is 0 Å². The molecular formula is C20H24N4. The fourth-order valence-corrected chi connectivity index (χ4v) is 3.67. The smallest absolute Gasteiger partial charge is 0.141 e. The Kier molecular flexibility index (Phi) is 3.77. The Labute approximate surface area is 142 Å². The summed E-state index contributed by atoms with van der Waals surface area (Å²) in [6.07, 6.45) is 2.27. The van der Waals surface area contributed by atoms with Crippen molar-refractivity contribution < 1.29 is 0 Å². The first-order valence-electron chi connectivity index (χ1n) is 8.69. The number of aryl methyl sites for hydroxylation is 2. The quantitative estimate of drug-likeness (QED) is 0.706. The monoisotopic (exact) mass is 320 g/mol. The summed E-state index contributed by atoms with van der Waals surface area (Å²) in [5.74, 6) is 1.04. The topological polar surface area (TPSA) is 55.9 Å². The molecule has 0 radical (unpaired) electrons. The lowest BCUT2D eigenvalue weighted by Gasteiger charge is -2.26. The summed E-state index contributed by atoms with van der Waals surface area (Å²) in [4.78, 5) is 4.99. The second kappa shape index (κ2) is 5.95. The molecule has 3 N–H and O–H groups in total. The summed E-state index contributed by atoms with van der Waals surface area (Å²) >= 11 is 0. The maximum atomic E-state index is 6.02. The molecule has 1 saturated heterocycles. The first-order chi connectivity index (χ1) is 11.6. The van der Waals surface area contributed by atoms with Gasteiger partial charge in [0.15, 0.2) is 0 Å². The van der Waals surface area contributed by atoms with Crippen LogP contribution in [-0.2, 0) is 0 Å². The molecule has 2 aromatic carbocycles. The molecule has 2 heterocycles. The molecule has 0 aliphatic carbocycles. The Hall–Kier alpha value is -2.33. The predicted molar refractivity (Wildman–Crippen MR) is 100 cm³/mol. The van der Waals surface area contributed by atoms with Gasteiger partial charge in [-0.25, -0.2) is 4.98 Å². The van der Waals surface area contributed by atoms with Gasteiger partial charge in [-0.1, -0.05) is 12.1 Å². The highest BCUT2D eigenvalue weighted by atomic mass is 15.1. The second-order valence-corrected chi connectivity index (χ2v) is 6.84. The van der Waals surface area contributed by atoms with E-state index < -0.39 is 0 Å². The van der Waals surface area contributed by atoms with Crippen molar-refractivity contribution in [2.45, 2.75) is 32.7 Å². The third kappa shape index (κ3) is 2.57. The van der Waals surface area contributed by atoms with E-state index in [0.717, 1.165) is 48.5 Å². The lowest BCUT2D eigenvalue weighted by molar-refractivity contribution is 0.377. The molecule has 4 rings (SSSR count). The number of fused-ring (bicyclic) bond motifs is 1. The lowest BCUT2D eigenvalue weighted by atomic mass is 10.0. The maximum Gasteiger partial charge on any atom is 0.141 e. The molecule has 0 unspecified atom stereocenters. The fourth-order valence-electron chi connectivity index (χ4n) is 3.67. The zero-order valence-corrected chi connectivity index (χ0v) is 14.3. The summed E-state index contributed by atoms with van der Waals surface area (Å²) in [5.41, 5.74) is 12.8. The summed E-state index contributed by atoms with van der Waals surface area (Å²) in [6, 6.07) is 13.0. The zero-order valence-electron chi connectivity index (χ0n) is 14.3. The van der Waals surface area contributed by atoms with Gasteiger partial charge in [0.2, 0.25) is 0 Å². The van der Waals surface area contributed by atoms with E-state index in [2.05, 4.69) is 41.9 Å². The van der Waals surface area contributed by atoms with E-state index >= 15 is 0 Å². The van der Waals surface area contributed by atoms with Crippen LogP contribution < -0.4 is 11.1 Å². The number of hydrogen-bond acceptors (Lipinski definition) is 3. The van der Waals surface area contributed by atoms with Crippen LogP contribution in [0.15, 0.2) is 36.4 Å². The number of imidazole rings is 1. The van der Waals surface area contributed by atoms with Gasteiger partial charge in [-0.15, -0.1) is 0 Å². The molecule has 0 atom stereocenters. The second-order valence-electron chi connectivity index (χ2n) is 6.84. The van der Waals surface area contributed by atoms with Crippen LogP contribution >= 0.6 is 0 Å². The van der Waals surface area contributed by atoms with E-state index in [1.54, 1.807) is 0 Å². The van der Waals surface area contributed by atoms with Crippen LogP contribution in [0.2, 0.25) is 0 Å². The van der Waals surface area contributed by atoms with E-state index in [0.29, 0.717) is 6.04 Å². The molecule has 4 nitrogen and oxygen atoms in total. The van der Waals surface area contributed by atoms with Crippen molar-refractivity contribution in [3.8, 4) is 11.4 Å². The van der Waals surface area contributed by atoms with Crippen LogP contribution in [-0.4, -0.2) is 22.6 Å². The molecule has 124 valence electrons. The Morgan fingerprint density at radius 3 is 2.58 bits per heavy atom. The highest BCUT2D eigenvalue weighted by Crippen LogP contribution is 2.33. The van der Waals surface area contributed by atoms with Crippen molar-refractivity contribution in [3.05, 3.63) is 47.5 Å². The molecule has 1 aliphatic heterocycles. The van der Waals surface area contributed by atoms with Crippen molar-refractivity contribution in [2.24, 2.45) is 0 Å². The van der Waals surface area contributed by atoms with Crippen LogP contribution in [0, 0.1) is 13.8 Å². The average molecular weight is 320 g/mol. The van der Waals surface area contributed by atoms with E-state index in [-0.39, 0.29) is 0 Å². The van der Waals surface area contributed by atoms with E-state index in [1.807, 2.05) is 18.2 Å². The molecule has 0 bridgehead atoms. The number of aromatic nitrogens is 2. The molecule has 1 aliphatic rings. The Bertz CT molecular complexity index is 888. The number of hydrogen-bond donors (Lipinski definition) is 2. The highest BCUT2D eigenvalue weighted by Gasteiger charge is 2.22. The summed E-state index contributed by atoms with van der Waals surface area (Å²) in [7, 11) is 0. The van der Waals surface area contributed by atoms with E-state index in [4.69, 9.17) is 10.7 Å². The molecule has 1 fully saturated rings. The summed E-state index contributed by atoms with van der Waals surface area (Å²) in [6.45, 7) is 6.45. The highest BCUT2D eigenvalue weighted by molar-refractivity contribution is 5.83. The summed E-state index contributed by atoms with van der Waals surface area (Å²) in [5, 5.41) is 3.46. The van der Waals surface area contributed by atoms with E-state index in [1.165, 1.54) is 16.6 Å². The number of nitrogens with one attached hydrogen (secondary N) is 1. The van der Waals surface area contributed by atoms with Gasteiger partial charge in [0, 0.05) is 17.3 Å². The minimum atomic E-state index is 0.481. The van der Waals surface area contributed by atoms with Gasteiger partial charge in [0.1, 0.15) is 5.82 Å². The van der Waals surface area contributed by atoms with Crippen LogP contribution in [0.1, 0.15) is 30.0 Å². The first-order valence-corrected chi connectivity index (χ1v) is 8.69. The number of nitrogen functional groups attached to an aromatic ring is 1. The third-order valence-corrected chi connectivity index (χ3v) is 5.12. The number of anilines is 1. The maximum absolute atomic E-state index is 6.02. The molecule has 0 saturated carbocycles.